The number of nitrogens with zero attached hydrogens (tertiary/aromatic N) is 2. The molecule has 13 heteroatoms. The summed E-state index contributed by atoms with van der Waals surface area (Å²) in [6.07, 6.45) is 2.63. The molecule has 0 heterocycles. The molecule has 202 valence electrons. The predicted octanol–water partition coefficient (Wildman–Crippen LogP) is 5.12. The van der Waals surface area contributed by atoms with Crippen LogP contribution >= 0.6 is 0 Å². The summed E-state index contributed by atoms with van der Waals surface area (Å²) in [7, 11) is -4.70. The van der Waals surface area contributed by atoms with Crippen molar-refractivity contribution in [3.63, 3.8) is 0 Å². The number of aliphatic imine (C=N–C) groups is 2. The molecule has 0 spiro atoms. The van der Waals surface area contributed by atoms with Gasteiger partial charge in [-0.2, -0.15) is 8.42 Å². The van der Waals surface area contributed by atoms with Crippen LogP contribution in [-0.2, 0) is 21.2 Å². The molecule has 0 saturated heterocycles. The molecule has 4 aromatic carbocycles. The van der Waals surface area contributed by atoms with Gasteiger partial charge in [0.05, 0.1) is 40.0 Å². The lowest BCUT2D eigenvalue weighted by Crippen LogP contribution is -2.06. The number of phenolic OH excluding ortho intramolecular Hbond substituents is 1. The van der Waals surface area contributed by atoms with Crippen molar-refractivity contribution in [1.29, 1.82) is 0 Å². The van der Waals surface area contributed by atoms with Gasteiger partial charge < -0.3 is 26.0 Å². The first-order valence-electron chi connectivity index (χ1n) is 11.4. The van der Waals surface area contributed by atoms with Gasteiger partial charge in [0.1, 0.15) is 10.6 Å². The van der Waals surface area contributed by atoms with E-state index in [2.05, 4.69) is 20.6 Å². The van der Waals surface area contributed by atoms with Gasteiger partial charge in [0.15, 0.2) is 16.8 Å². The summed E-state index contributed by atoms with van der Waals surface area (Å²) in [5.74, 6) is -0.393. The third-order valence-corrected chi connectivity index (χ3v) is 7.43. The molecular formula is C26H25N5O6S2. The number of phenols is 1. The Morgan fingerprint density at radius 1 is 0.949 bits per heavy atom. The fourth-order valence-electron chi connectivity index (χ4n) is 3.89. The van der Waals surface area contributed by atoms with Gasteiger partial charge in [-0.25, -0.2) is 14.2 Å². The second-order valence-electron chi connectivity index (χ2n) is 8.49. The molecule has 11 nitrogen and oxygen atoms in total. The van der Waals surface area contributed by atoms with E-state index >= 15 is 0 Å². The average molecular weight is 568 g/mol. The molecule has 0 aliphatic heterocycles. The van der Waals surface area contributed by atoms with Crippen LogP contribution in [0.5, 0.6) is 5.75 Å². The topological polar surface area (TPSA) is 187 Å². The van der Waals surface area contributed by atoms with E-state index in [-0.39, 0.29) is 32.7 Å². The quantitative estimate of drug-likeness (QED) is 0.0552. The molecule has 0 aliphatic carbocycles. The van der Waals surface area contributed by atoms with E-state index in [1.54, 1.807) is 25.1 Å². The Morgan fingerprint density at radius 3 is 2.26 bits per heavy atom. The first-order valence-corrected chi connectivity index (χ1v) is 13.9. The van der Waals surface area contributed by atoms with Crippen molar-refractivity contribution in [2.24, 2.45) is 9.98 Å². The number of fused-ring (bicyclic) bond motifs is 1. The SMILES string of the molecule is Cc1ccccc1N=CNc1cc(S(=O)(=O)O)c2cc(C)c(N=CNc3ccc(S(=O)O)cc3)c(O)c2c1N. The van der Waals surface area contributed by atoms with Gasteiger partial charge in [0.25, 0.3) is 10.1 Å². The van der Waals surface area contributed by atoms with Crippen molar-refractivity contribution in [3.8, 4) is 5.75 Å². The van der Waals surface area contributed by atoms with E-state index in [4.69, 9.17) is 10.3 Å². The lowest BCUT2D eigenvalue weighted by atomic mass is 10.0. The number of nitrogens with one attached hydrogen (secondary N) is 2. The summed E-state index contributed by atoms with van der Waals surface area (Å²) in [4.78, 5) is 8.38. The van der Waals surface area contributed by atoms with Crippen molar-refractivity contribution in [3.05, 3.63) is 71.8 Å². The van der Waals surface area contributed by atoms with Crippen LogP contribution in [-0.4, -0.2) is 39.5 Å². The third kappa shape index (κ3) is 6.07. The van der Waals surface area contributed by atoms with Gasteiger partial charge in [-0.1, -0.05) is 18.2 Å². The van der Waals surface area contributed by atoms with Crippen molar-refractivity contribution in [2.75, 3.05) is 16.4 Å². The molecule has 1 unspecified atom stereocenters. The van der Waals surface area contributed by atoms with E-state index in [9.17, 15) is 22.3 Å². The number of anilines is 3. The standard InChI is InChI=1S/C26H25N5O6S2/c1-15-5-3-4-6-20(15)29-14-30-21-12-22(39(35,36)37)19-11-16(2)25(26(32)23(19)24(21)27)31-13-28-17-7-9-18(10-8-17)38(33)34/h3-14,32H,27H2,1-2H3,(H,28,31)(H,29,30)(H,33,34)(H,35,36,37). The number of aryl methyl sites for hydroxylation is 2. The Labute approximate surface area is 227 Å². The van der Waals surface area contributed by atoms with E-state index in [0.717, 1.165) is 5.56 Å². The van der Waals surface area contributed by atoms with Crippen molar-refractivity contribution in [2.45, 2.75) is 23.6 Å². The zero-order chi connectivity index (χ0) is 28.3. The maximum atomic E-state index is 12.3. The van der Waals surface area contributed by atoms with Crippen molar-refractivity contribution >= 4 is 73.1 Å². The molecule has 0 aliphatic rings. The summed E-state index contributed by atoms with van der Waals surface area (Å²) < 4.78 is 54.7. The number of para-hydroxylation sites is 1. The number of nitrogen functional groups attached to an aromatic ring is 1. The fraction of sp³-hybridized carbons (Fsp3) is 0.0769. The third-order valence-electron chi connectivity index (χ3n) is 5.86. The zero-order valence-electron chi connectivity index (χ0n) is 20.8. The molecular weight excluding hydrogens is 542 g/mol. The molecule has 4 rings (SSSR count). The summed E-state index contributed by atoms with van der Waals surface area (Å²) in [5, 5.41) is 16.9. The zero-order valence-corrected chi connectivity index (χ0v) is 22.4. The number of hydrogen-bond acceptors (Lipinski definition) is 7. The first-order chi connectivity index (χ1) is 18.5. The molecule has 0 amide bonds. The van der Waals surface area contributed by atoms with Gasteiger partial charge in [-0.05, 0) is 67.4 Å². The van der Waals surface area contributed by atoms with Gasteiger partial charge in [-0.3, -0.25) is 4.55 Å². The second-order valence-corrected chi connectivity index (χ2v) is 10.8. The van der Waals surface area contributed by atoms with Gasteiger partial charge >= 0.3 is 0 Å². The molecule has 0 aromatic heterocycles. The number of hydrogen-bond donors (Lipinski definition) is 6. The molecule has 0 radical (unpaired) electrons. The minimum atomic E-state index is -4.70. The van der Waals surface area contributed by atoms with E-state index in [0.29, 0.717) is 16.9 Å². The van der Waals surface area contributed by atoms with Crippen LogP contribution in [0.2, 0.25) is 0 Å². The number of nitrogens with two attached hydrogens (primary N) is 1. The normalized spacial score (nSPS) is 12.8. The van der Waals surface area contributed by atoms with Gasteiger partial charge in [0, 0.05) is 11.1 Å². The van der Waals surface area contributed by atoms with Crippen LogP contribution in [0.4, 0.5) is 28.4 Å². The minimum absolute atomic E-state index is 0.0168. The summed E-state index contributed by atoms with van der Waals surface area (Å²) in [6.45, 7) is 3.50. The molecule has 4 aromatic rings. The fourth-order valence-corrected chi connectivity index (χ4v) is 4.97. The highest BCUT2D eigenvalue weighted by atomic mass is 32.2. The van der Waals surface area contributed by atoms with E-state index in [1.165, 1.54) is 36.9 Å². The van der Waals surface area contributed by atoms with Crippen LogP contribution < -0.4 is 16.4 Å². The van der Waals surface area contributed by atoms with Crippen LogP contribution in [0.25, 0.3) is 10.8 Å². The van der Waals surface area contributed by atoms with Crippen molar-refractivity contribution < 1.29 is 26.8 Å². The van der Waals surface area contributed by atoms with Crippen molar-refractivity contribution in [1.82, 2.24) is 0 Å². The minimum Gasteiger partial charge on any atom is -0.505 e. The molecule has 39 heavy (non-hydrogen) atoms. The molecule has 0 fully saturated rings. The average Bonchev–Trinajstić information content (AvgIpc) is 2.87. The first kappa shape index (κ1) is 27.7. The number of benzene rings is 4. The maximum absolute atomic E-state index is 12.3. The molecule has 1 atom stereocenters. The lowest BCUT2D eigenvalue weighted by molar-refractivity contribution is 0.482. The van der Waals surface area contributed by atoms with Gasteiger partial charge in [-0.15, -0.1) is 0 Å². The molecule has 0 saturated carbocycles. The Morgan fingerprint density at radius 2 is 1.62 bits per heavy atom. The predicted molar refractivity (Wildman–Crippen MR) is 155 cm³/mol. The van der Waals surface area contributed by atoms with Crippen LogP contribution in [0.1, 0.15) is 11.1 Å². The number of aromatic hydroxyl groups is 1. The smallest absolute Gasteiger partial charge is 0.295 e. The highest BCUT2D eigenvalue weighted by Gasteiger charge is 2.23. The maximum Gasteiger partial charge on any atom is 0.295 e. The second kappa shape index (κ2) is 11.2. The highest BCUT2D eigenvalue weighted by molar-refractivity contribution is 7.86. The number of rotatable bonds is 8. The molecule has 7 N–H and O–H groups in total. The summed E-state index contributed by atoms with van der Waals surface area (Å²) >= 11 is -2.10. The Hall–Kier alpha value is -4.30. The molecule has 0 bridgehead atoms. The Balaban J connectivity index is 1.75. The largest absolute Gasteiger partial charge is 0.505 e. The lowest BCUT2D eigenvalue weighted by Gasteiger charge is -2.16. The monoisotopic (exact) mass is 567 g/mol. The Kier molecular flexibility index (Phi) is 7.97. The Bertz CT molecular complexity index is 1750. The van der Waals surface area contributed by atoms with E-state index < -0.39 is 31.8 Å². The van der Waals surface area contributed by atoms with Crippen LogP contribution in [0.3, 0.4) is 0 Å². The van der Waals surface area contributed by atoms with E-state index in [1.807, 2.05) is 25.1 Å². The highest BCUT2D eigenvalue weighted by Crippen LogP contribution is 2.45. The summed E-state index contributed by atoms with van der Waals surface area (Å²) in [6, 6.07) is 16.1. The van der Waals surface area contributed by atoms with Gasteiger partial charge in [0.2, 0.25) is 0 Å². The van der Waals surface area contributed by atoms with Crippen LogP contribution in [0, 0.1) is 13.8 Å². The summed E-state index contributed by atoms with van der Waals surface area (Å²) in [5.41, 5.74) is 9.16. The van der Waals surface area contributed by atoms with Crippen LogP contribution in [0.15, 0.2) is 80.4 Å².